The third-order valence-electron chi connectivity index (χ3n) is 3.20. The fraction of sp³-hybridized carbons (Fsp3) is 0.118. The van der Waals surface area contributed by atoms with Crippen LogP contribution in [0.5, 0.6) is 5.75 Å². The maximum atomic E-state index is 13.0. The van der Waals surface area contributed by atoms with Crippen molar-refractivity contribution in [3.05, 3.63) is 53.7 Å². The van der Waals surface area contributed by atoms with E-state index in [2.05, 4.69) is 4.98 Å². The summed E-state index contributed by atoms with van der Waals surface area (Å²) in [5.41, 5.74) is 9.25. The highest BCUT2D eigenvalue weighted by atomic mass is 32.1. The van der Waals surface area contributed by atoms with Gasteiger partial charge < -0.3 is 10.5 Å². The number of ether oxygens (including phenoxy) is 1. The van der Waals surface area contributed by atoms with Crippen LogP contribution in [0, 0.1) is 5.82 Å². The van der Waals surface area contributed by atoms with Crippen molar-refractivity contribution in [2.75, 3.05) is 12.3 Å². The van der Waals surface area contributed by atoms with E-state index >= 15 is 0 Å². The molecular weight excluding hydrogens is 299 g/mol. The summed E-state index contributed by atoms with van der Waals surface area (Å²) in [5.74, 6) is 0.431. The van der Waals surface area contributed by atoms with Gasteiger partial charge in [-0.3, -0.25) is 0 Å². The van der Waals surface area contributed by atoms with Crippen molar-refractivity contribution >= 4 is 17.0 Å². The van der Waals surface area contributed by atoms with Crippen LogP contribution in [0.4, 0.5) is 10.1 Å². The maximum absolute atomic E-state index is 13.0. The Kier molecular flexibility index (Phi) is 4.06. The van der Waals surface area contributed by atoms with Gasteiger partial charge >= 0.3 is 0 Å². The van der Waals surface area contributed by atoms with Gasteiger partial charge in [-0.05, 0) is 49.4 Å². The van der Waals surface area contributed by atoms with Crippen molar-refractivity contribution in [3.8, 4) is 27.6 Å². The highest BCUT2D eigenvalue weighted by Crippen LogP contribution is 2.32. The van der Waals surface area contributed by atoms with Gasteiger partial charge in [-0.2, -0.15) is 0 Å². The molecule has 0 aliphatic rings. The molecule has 0 fully saturated rings. The van der Waals surface area contributed by atoms with Gasteiger partial charge in [-0.15, -0.1) is 11.3 Å². The van der Waals surface area contributed by atoms with Crippen LogP contribution < -0.4 is 10.5 Å². The van der Waals surface area contributed by atoms with E-state index in [0.29, 0.717) is 18.0 Å². The average molecular weight is 314 g/mol. The quantitative estimate of drug-likeness (QED) is 0.716. The van der Waals surface area contributed by atoms with Crippen molar-refractivity contribution < 1.29 is 9.13 Å². The van der Waals surface area contributed by atoms with Crippen molar-refractivity contribution in [2.45, 2.75) is 6.92 Å². The first kappa shape index (κ1) is 14.5. The van der Waals surface area contributed by atoms with Gasteiger partial charge in [-0.1, -0.05) is 0 Å². The average Bonchev–Trinajstić information content (AvgIpc) is 3.00. The third kappa shape index (κ3) is 2.94. The molecule has 0 amide bonds. The van der Waals surface area contributed by atoms with E-state index < -0.39 is 0 Å². The van der Waals surface area contributed by atoms with E-state index in [1.54, 1.807) is 12.1 Å². The molecule has 0 atom stereocenters. The highest BCUT2D eigenvalue weighted by Gasteiger charge is 2.09. The number of halogens is 1. The Morgan fingerprint density at radius 3 is 2.55 bits per heavy atom. The second-order valence-corrected chi connectivity index (χ2v) is 5.59. The number of nitrogens with two attached hydrogens (primary N) is 1. The molecule has 3 rings (SSSR count). The summed E-state index contributed by atoms with van der Waals surface area (Å²) in [6, 6.07) is 12.0. The molecule has 0 bridgehead atoms. The zero-order chi connectivity index (χ0) is 15.5. The van der Waals surface area contributed by atoms with Crippen LogP contribution in [0.1, 0.15) is 6.92 Å². The van der Waals surface area contributed by atoms with Crippen LogP contribution >= 0.6 is 11.3 Å². The lowest BCUT2D eigenvalue weighted by Crippen LogP contribution is -1.96. The normalized spacial score (nSPS) is 10.6. The first-order valence-corrected chi connectivity index (χ1v) is 7.79. The minimum Gasteiger partial charge on any atom is -0.492 e. The molecule has 5 heteroatoms. The van der Waals surface area contributed by atoms with E-state index in [0.717, 1.165) is 21.8 Å². The molecule has 3 aromatic rings. The molecule has 2 N–H and O–H groups in total. The molecule has 0 radical (unpaired) electrons. The van der Waals surface area contributed by atoms with E-state index in [-0.39, 0.29) is 5.82 Å². The summed E-state index contributed by atoms with van der Waals surface area (Å²) in [7, 11) is 0. The summed E-state index contributed by atoms with van der Waals surface area (Å²) in [6.07, 6.45) is 0. The predicted octanol–water partition coefficient (Wildman–Crippen LogP) is 4.60. The molecule has 3 nitrogen and oxygen atoms in total. The van der Waals surface area contributed by atoms with Crippen molar-refractivity contribution in [2.24, 2.45) is 0 Å². The minimum atomic E-state index is -0.251. The predicted molar refractivity (Wildman–Crippen MR) is 88.5 cm³/mol. The Morgan fingerprint density at radius 1 is 1.14 bits per heavy atom. The lowest BCUT2D eigenvalue weighted by molar-refractivity contribution is 0.342. The number of hydrogen-bond acceptors (Lipinski definition) is 4. The molecule has 112 valence electrons. The van der Waals surface area contributed by atoms with Crippen LogP contribution in [-0.2, 0) is 0 Å². The summed E-state index contributed by atoms with van der Waals surface area (Å²) >= 11 is 1.53. The monoisotopic (exact) mass is 314 g/mol. The van der Waals surface area contributed by atoms with E-state index in [1.807, 2.05) is 30.5 Å². The van der Waals surface area contributed by atoms with E-state index in [1.165, 1.54) is 23.5 Å². The second-order valence-electron chi connectivity index (χ2n) is 4.73. The number of nitrogens with zero attached hydrogens (tertiary/aromatic N) is 1. The molecule has 2 aromatic carbocycles. The molecule has 1 heterocycles. The SMILES string of the molecule is CCOc1ccc(-c2nc(-c3ccc(F)cc3)cs2)cc1N. The Bertz CT molecular complexity index is 784. The van der Waals surface area contributed by atoms with E-state index in [9.17, 15) is 4.39 Å². The maximum Gasteiger partial charge on any atom is 0.142 e. The number of thiazole rings is 1. The zero-order valence-corrected chi connectivity index (χ0v) is 12.9. The van der Waals surface area contributed by atoms with Crippen LogP contribution in [0.2, 0.25) is 0 Å². The second kappa shape index (κ2) is 6.15. The topological polar surface area (TPSA) is 48.1 Å². The minimum absolute atomic E-state index is 0.251. The lowest BCUT2D eigenvalue weighted by atomic mass is 10.1. The summed E-state index contributed by atoms with van der Waals surface area (Å²) in [6.45, 7) is 2.50. The van der Waals surface area contributed by atoms with Gasteiger partial charge in [0.05, 0.1) is 18.0 Å². The van der Waals surface area contributed by atoms with Gasteiger partial charge in [0.2, 0.25) is 0 Å². The smallest absolute Gasteiger partial charge is 0.142 e. The Hall–Kier alpha value is -2.40. The largest absolute Gasteiger partial charge is 0.492 e. The number of benzene rings is 2. The highest BCUT2D eigenvalue weighted by molar-refractivity contribution is 7.13. The summed E-state index contributed by atoms with van der Waals surface area (Å²) < 4.78 is 18.4. The van der Waals surface area contributed by atoms with E-state index in [4.69, 9.17) is 10.5 Å². The van der Waals surface area contributed by atoms with Crippen molar-refractivity contribution in [1.82, 2.24) is 4.98 Å². The van der Waals surface area contributed by atoms with Gasteiger partial charge in [0.15, 0.2) is 0 Å². The van der Waals surface area contributed by atoms with Crippen LogP contribution in [0.3, 0.4) is 0 Å². The Morgan fingerprint density at radius 2 is 1.86 bits per heavy atom. The van der Waals surface area contributed by atoms with Crippen LogP contribution in [0.15, 0.2) is 47.8 Å². The Balaban J connectivity index is 1.90. The molecule has 0 saturated carbocycles. The van der Waals surface area contributed by atoms with Crippen molar-refractivity contribution in [1.29, 1.82) is 0 Å². The number of hydrogen-bond donors (Lipinski definition) is 1. The standard InChI is InChI=1S/C17H15FN2OS/c1-2-21-16-8-5-12(9-14(16)19)17-20-15(10-22-17)11-3-6-13(18)7-4-11/h3-10H,2,19H2,1H3. The number of anilines is 1. The van der Waals surface area contributed by atoms with Crippen LogP contribution in [0.25, 0.3) is 21.8 Å². The number of nitrogen functional groups attached to an aromatic ring is 1. The molecule has 22 heavy (non-hydrogen) atoms. The fourth-order valence-electron chi connectivity index (χ4n) is 2.13. The first-order valence-electron chi connectivity index (χ1n) is 6.91. The molecule has 0 saturated heterocycles. The summed E-state index contributed by atoms with van der Waals surface area (Å²) in [4.78, 5) is 4.60. The molecule has 1 aromatic heterocycles. The molecular formula is C17H15FN2OS. The fourth-order valence-corrected chi connectivity index (χ4v) is 2.95. The third-order valence-corrected chi connectivity index (χ3v) is 4.09. The number of aromatic nitrogens is 1. The van der Waals surface area contributed by atoms with Crippen LogP contribution in [-0.4, -0.2) is 11.6 Å². The molecule has 0 aliphatic heterocycles. The first-order chi connectivity index (χ1) is 10.7. The molecule has 0 unspecified atom stereocenters. The van der Waals surface area contributed by atoms with Gasteiger partial charge in [0.1, 0.15) is 16.6 Å². The van der Waals surface area contributed by atoms with Gasteiger partial charge in [0, 0.05) is 16.5 Å². The molecule has 0 aliphatic carbocycles. The number of rotatable bonds is 4. The summed E-state index contributed by atoms with van der Waals surface area (Å²) in [5, 5.41) is 2.82. The Labute approximate surface area is 132 Å². The zero-order valence-electron chi connectivity index (χ0n) is 12.0. The van der Waals surface area contributed by atoms with Gasteiger partial charge in [0.25, 0.3) is 0 Å². The van der Waals surface area contributed by atoms with Gasteiger partial charge in [-0.25, -0.2) is 9.37 Å². The molecule has 0 spiro atoms. The lowest BCUT2D eigenvalue weighted by Gasteiger charge is -2.07. The van der Waals surface area contributed by atoms with Crippen molar-refractivity contribution in [3.63, 3.8) is 0 Å².